The van der Waals surface area contributed by atoms with Crippen LogP contribution in [-0.4, -0.2) is 24.3 Å². The molecule has 7 heteroatoms. The summed E-state index contributed by atoms with van der Waals surface area (Å²) in [4.78, 5) is 6.42. The molecule has 0 bridgehead atoms. The number of fused-ring (bicyclic) bond motifs is 1. The Morgan fingerprint density at radius 1 is 1.53 bits per heavy atom. The lowest BCUT2D eigenvalue weighted by Crippen LogP contribution is -1.90. The third-order valence-corrected chi connectivity index (χ3v) is 4.09. The zero-order valence-electron chi connectivity index (χ0n) is 9.07. The molecule has 0 aliphatic heterocycles. The predicted octanol–water partition coefficient (Wildman–Crippen LogP) is 1.77. The van der Waals surface area contributed by atoms with Gasteiger partial charge in [-0.2, -0.15) is 5.10 Å². The Labute approximate surface area is 106 Å². The van der Waals surface area contributed by atoms with Crippen molar-refractivity contribution in [2.24, 2.45) is 7.05 Å². The fraction of sp³-hybridized carbons (Fsp3) is 0.200. The summed E-state index contributed by atoms with van der Waals surface area (Å²) >= 11 is 3.08. The summed E-state index contributed by atoms with van der Waals surface area (Å²) in [6.07, 6.45) is 5.64. The lowest BCUT2D eigenvalue weighted by Gasteiger charge is -1.97. The number of nitrogens with zero attached hydrogens (tertiary/aromatic N) is 4. The minimum absolute atomic E-state index is 0.0134. The fourth-order valence-electron chi connectivity index (χ4n) is 1.60. The van der Waals surface area contributed by atoms with Crippen LogP contribution in [0.4, 0.5) is 0 Å². The highest BCUT2D eigenvalue weighted by atomic mass is 32.2. The summed E-state index contributed by atoms with van der Waals surface area (Å²) in [5.74, 6) is 0. The van der Waals surface area contributed by atoms with Gasteiger partial charge in [-0.15, -0.1) is 11.3 Å². The van der Waals surface area contributed by atoms with E-state index in [2.05, 4.69) is 10.1 Å². The van der Waals surface area contributed by atoms with Crippen molar-refractivity contribution >= 4 is 28.1 Å². The van der Waals surface area contributed by atoms with Gasteiger partial charge in [-0.1, -0.05) is 11.8 Å². The van der Waals surface area contributed by atoms with Crippen molar-refractivity contribution in [3.8, 4) is 0 Å². The SMILES string of the molecule is Cn1cc(Sc2nc3sccn3c2CO)cn1. The molecule has 3 aromatic heterocycles. The molecule has 0 radical (unpaired) electrons. The minimum Gasteiger partial charge on any atom is -0.390 e. The van der Waals surface area contributed by atoms with E-state index in [4.69, 9.17) is 0 Å². The van der Waals surface area contributed by atoms with Gasteiger partial charge in [0.15, 0.2) is 4.96 Å². The zero-order chi connectivity index (χ0) is 11.8. The van der Waals surface area contributed by atoms with Crippen molar-refractivity contribution in [1.82, 2.24) is 19.2 Å². The first-order valence-corrected chi connectivity index (χ1v) is 6.69. The van der Waals surface area contributed by atoms with Gasteiger partial charge in [-0.3, -0.25) is 9.08 Å². The van der Waals surface area contributed by atoms with E-state index in [0.29, 0.717) is 0 Å². The average molecular weight is 266 g/mol. The number of hydrogen-bond acceptors (Lipinski definition) is 5. The van der Waals surface area contributed by atoms with Crippen LogP contribution in [0.3, 0.4) is 0 Å². The van der Waals surface area contributed by atoms with Crippen LogP contribution in [0.1, 0.15) is 5.69 Å². The maximum Gasteiger partial charge on any atom is 0.195 e. The zero-order valence-corrected chi connectivity index (χ0v) is 10.7. The summed E-state index contributed by atoms with van der Waals surface area (Å²) < 4.78 is 3.67. The van der Waals surface area contributed by atoms with E-state index in [1.165, 1.54) is 11.8 Å². The van der Waals surface area contributed by atoms with E-state index < -0.39 is 0 Å². The van der Waals surface area contributed by atoms with Crippen LogP contribution < -0.4 is 0 Å². The minimum atomic E-state index is -0.0134. The Morgan fingerprint density at radius 3 is 3.12 bits per heavy atom. The van der Waals surface area contributed by atoms with Crippen LogP contribution >= 0.6 is 23.1 Å². The van der Waals surface area contributed by atoms with Gasteiger partial charge in [-0.25, -0.2) is 4.98 Å². The van der Waals surface area contributed by atoms with E-state index in [-0.39, 0.29) is 6.61 Å². The largest absolute Gasteiger partial charge is 0.390 e. The molecule has 3 rings (SSSR count). The molecule has 0 atom stereocenters. The van der Waals surface area contributed by atoms with Crippen molar-refractivity contribution in [3.63, 3.8) is 0 Å². The highest BCUT2D eigenvalue weighted by Crippen LogP contribution is 2.31. The molecule has 1 N–H and O–H groups in total. The number of imidazole rings is 1. The van der Waals surface area contributed by atoms with Crippen LogP contribution in [0.5, 0.6) is 0 Å². The summed E-state index contributed by atoms with van der Waals surface area (Å²) in [5.41, 5.74) is 0.829. The van der Waals surface area contributed by atoms with Gasteiger partial charge in [-0.05, 0) is 0 Å². The van der Waals surface area contributed by atoms with E-state index in [0.717, 1.165) is 20.6 Å². The molecule has 0 saturated heterocycles. The quantitative estimate of drug-likeness (QED) is 0.785. The van der Waals surface area contributed by atoms with Gasteiger partial charge < -0.3 is 5.11 Å². The lowest BCUT2D eigenvalue weighted by molar-refractivity contribution is 0.272. The highest BCUT2D eigenvalue weighted by molar-refractivity contribution is 7.99. The third kappa shape index (κ3) is 1.86. The summed E-state index contributed by atoms with van der Waals surface area (Å²) in [5, 5.41) is 16.3. The summed E-state index contributed by atoms with van der Waals surface area (Å²) in [6, 6.07) is 0. The Bertz CT molecular complexity index is 654. The van der Waals surface area contributed by atoms with Crippen LogP contribution in [0.25, 0.3) is 4.96 Å². The third-order valence-electron chi connectivity index (χ3n) is 2.37. The molecular weight excluding hydrogens is 256 g/mol. The Morgan fingerprint density at radius 2 is 2.41 bits per heavy atom. The van der Waals surface area contributed by atoms with Crippen molar-refractivity contribution in [3.05, 3.63) is 29.7 Å². The molecule has 17 heavy (non-hydrogen) atoms. The van der Waals surface area contributed by atoms with Gasteiger partial charge in [0.2, 0.25) is 0 Å². The van der Waals surface area contributed by atoms with Crippen LogP contribution in [-0.2, 0) is 13.7 Å². The van der Waals surface area contributed by atoms with Crippen LogP contribution in [0.15, 0.2) is 33.9 Å². The lowest BCUT2D eigenvalue weighted by atomic mass is 10.5. The Kier molecular flexibility index (Phi) is 2.65. The maximum absolute atomic E-state index is 9.42. The number of rotatable bonds is 3. The number of hydrogen-bond donors (Lipinski definition) is 1. The first-order valence-electron chi connectivity index (χ1n) is 4.99. The highest BCUT2D eigenvalue weighted by Gasteiger charge is 2.13. The Hall–Kier alpha value is -1.31. The van der Waals surface area contributed by atoms with Gasteiger partial charge in [0, 0.05) is 24.8 Å². The van der Waals surface area contributed by atoms with Crippen molar-refractivity contribution < 1.29 is 5.11 Å². The summed E-state index contributed by atoms with van der Waals surface area (Å²) in [7, 11) is 1.88. The smallest absolute Gasteiger partial charge is 0.195 e. The van der Waals surface area contributed by atoms with Crippen molar-refractivity contribution in [1.29, 1.82) is 0 Å². The topological polar surface area (TPSA) is 55.4 Å². The van der Waals surface area contributed by atoms with Crippen LogP contribution in [0.2, 0.25) is 0 Å². The number of thiazole rings is 1. The molecule has 3 heterocycles. The molecule has 0 aliphatic carbocycles. The Balaban J connectivity index is 2.01. The van der Waals surface area contributed by atoms with Gasteiger partial charge in [0.05, 0.1) is 23.4 Å². The molecule has 3 aromatic rings. The number of aliphatic hydroxyl groups is 1. The first kappa shape index (κ1) is 10.8. The standard InChI is InChI=1S/C10H10N4OS2/c1-13-5-7(4-11-13)17-9-8(6-15)14-2-3-16-10(14)12-9/h2-5,15H,6H2,1H3. The molecule has 88 valence electrons. The van der Waals surface area contributed by atoms with E-state index in [9.17, 15) is 5.11 Å². The molecule has 0 saturated carbocycles. The molecular formula is C10H10N4OS2. The van der Waals surface area contributed by atoms with Crippen molar-refractivity contribution in [2.75, 3.05) is 0 Å². The molecule has 0 aliphatic rings. The number of aliphatic hydroxyl groups excluding tert-OH is 1. The van der Waals surface area contributed by atoms with Crippen molar-refractivity contribution in [2.45, 2.75) is 16.5 Å². The van der Waals surface area contributed by atoms with Gasteiger partial charge in [0.25, 0.3) is 0 Å². The van der Waals surface area contributed by atoms with Crippen LogP contribution in [0, 0.1) is 0 Å². The second-order valence-electron chi connectivity index (χ2n) is 3.53. The van der Waals surface area contributed by atoms with E-state index >= 15 is 0 Å². The molecule has 0 spiro atoms. The fourth-order valence-corrected chi connectivity index (χ4v) is 3.33. The first-order chi connectivity index (χ1) is 8.28. The van der Waals surface area contributed by atoms with Gasteiger partial charge >= 0.3 is 0 Å². The second-order valence-corrected chi connectivity index (χ2v) is 5.46. The average Bonchev–Trinajstić information content (AvgIpc) is 2.95. The van der Waals surface area contributed by atoms with Gasteiger partial charge in [0.1, 0.15) is 5.03 Å². The normalized spacial score (nSPS) is 11.4. The predicted molar refractivity (Wildman–Crippen MR) is 66.3 cm³/mol. The van der Waals surface area contributed by atoms with E-state index in [1.54, 1.807) is 22.2 Å². The molecule has 0 unspecified atom stereocenters. The maximum atomic E-state index is 9.42. The number of aryl methyl sites for hydroxylation is 1. The molecule has 0 fully saturated rings. The molecule has 0 aromatic carbocycles. The second kappa shape index (κ2) is 4.17. The summed E-state index contributed by atoms with van der Waals surface area (Å²) in [6.45, 7) is -0.0134. The molecule has 0 amide bonds. The number of aromatic nitrogens is 4. The van der Waals surface area contributed by atoms with E-state index in [1.807, 2.05) is 29.2 Å². The monoisotopic (exact) mass is 266 g/mol. The molecule has 5 nitrogen and oxygen atoms in total.